The van der Waals surface area contributed by atoms with Gasteiger partial charge < -0.3 is 25.4 Å². The van der Waals surface area contributed by atoms with Crippen molar-refractivity contribution in [2.45, 2.75) is 63.7 Å². The second-order valence-corrected chi connectivity index (χ2v) is 10.5. The lowest BCUT2D eigenvalue weighted by molar-refractivity contribution is -0.146. The van der Waals surface area contributed by atoms with Crippen LogP contribution in [0.2, 0.25) is 5.02 Å². The van der Waals surface area contributed by atoms with Crippen molar-refractivity contribution < 1.29 is 24.2 Å². The number of aliphatic hydroxyl groups excluding tert-OH is 1. The van der Waals surface area contributed by atoms with Crippen molar-refractivity contribution in [3.05, 3.63) is 28.8 Å². The van der Waals surface area contributed by atoms with Crippen LogP contribution in [0.5, 0.6) is 0 Å². The van der Waals surface area contributed by atoms with E-state index in [1.165, 1.54) is 0 Å². The average molecular weight is 492 g/mol. The van der Waals surface area contributed by atoms with Crippen LogP contribution in [0.25, 0.3) is 0 Å². The number of hydrogen-bond donors (Lipinski definition) is 3. The molecule has 3 heterocycles. The van der Waals surface area contributed by atoms with Gasteiger partial charge in [0.25, 0.3) is 0 Å². The van der Waals surface area contributed by atoms with Crippen molar-refractivity contribution >= 4 is 35.0 Å². The molecular weight excluding hydrogens is 458 g/mol. The summed E-state index contributed by atoms with van der Waals surface area (Å²) >= 11 is 6.38. The van der Waals surface area contributed by atoms with Gasteiger partial charge in [-0.3, -0.25) is 14.4 Å². The van der Waals surface area contributed by atoms with E-state index in [-0.39, 0.29) is 30.2 Å². The second-order valence-electron chi connectivity index (χ2n) is 10.1. The molecule has 3 N–H and O–H groups in total. The molecule has 3 fully saturated rings. The van der Waals surface area contributed by atoms with Crippen LogP contribution < -0.4 is 10.6 Å². The van der Waals surface area contributed by atoms with Crippen molar-refractivity contribution in [3.8, 4) is 0 Å². The Morgan fingerprint density at radius 1 is 1.26 bits per heavy atom. The van der Waals surface area contributed by atoms with Gasteiger partial charge in [0, 0.05) is 20.2 Å². The van der Waals surface area contributed by atoms with E-state index < -0.39 is 29.1 Å². The number of carbonyl (C=O) groups excluding carboxylic acids is 3. The van der Waals surface area contributed by atoms with E-state index in [0.29, 0.717) is 36.5 Å². The highest BCUT2D eigenvalue weighted by molar-refractivity contribution is 6.34. The molecule has 3 aliphatic heterocycles. The fraction of sp³-hybridized carbons (Fsp3) is 0.640. The number of hydrogen-bond acceptors (Lipinski definition) is 5. The molecule has 1 aromatic rings. The molecule has 8 nitrogen and oxygen atoms in total. The van der Waals surface area contributed by atoms with Crippen LogP contribution in [0.15, 0.2) is 18.2 Å². The molecule has 186 valence electrons. The highest BCUT2D eigenvalue weighted by atomic mass is 35.5. The van der Waals surface area contributed by atoms with E-state index in [2.05, 4.69) is 10.6 Å². The first-order valence-corrected chi connectivity index (χ1v) is 12.4. The highest BCUT2D eigenvalue weighted by Gasteiger charge is 2.79. The van der Waals surface area contributed by atoms with Crippen LogP contribution in [0.3, 0.4) is 0 Å². The van der Waals surface area contributed by atoms with Crippen molar-refractivity contribution in [2.24, 2.45) is 17.8 Å². The van der Waals surface area contributed by atoms with Crippen LogP contribution in [0.1, 0.15) is 45.1 Å². The first kappa shape index (κ1) is 24.9. The molecule has 3 amide bonds. The smallest absolute Gasteiger partial charge is 0.250 e. The number of fused-ring (bicyclic) bond motifs is 1. The summed E-state index contributed by atoms with van der Waals surface area (Å²) in [6.45, 7) is 6.19. The van der Waals surface area contributed by atoms with E-state index in [4.69, 9.17) is 21.4 Å². The van der Waals surface area contributed by atoms with E-state index in [1.807, 2.05) is 32.9 Å². The molecule has 9 heteroatoms. The maximum atomic E-state index is 13.9. The third-order valence-electron chi connectivity index (χ3n) is 8.12. The van der Waals surface area contributed by atoms with Crippen LogP contribution in [0.4, 0.5) is 5.69 Å². The molecule has 2 bridgehead atoms. The number of rotatable bonds is 8. The van der Waals surface area contributed by atoms with E-state index in [1.54, 1.807) is 18.0 Å². The standard InChI is InChI=1S/C25H34ClN3O5/c1-14-9-8-10-16(26)19(14)28-22(32)20-25-13-15(2)24(3,34-25)17(21(31)27-4)18(25)23(33)29(20)11-6-5-7-12-30/h8-10,15,17-18,20,30H,5-7,11-13H2,1-4H3,(H,27,31)(H,28,32)/t15?,17-,18+,20?,24+,25?/m1/s1. The summed E-state index contributed by atoms with van der Waals surface area (Å²) < 4.78 is 6.62. The molecule has 0 saturated carbocycles. The quantitative estimate of drug-likeness (QED) is 0.484. The lowest BCUT2D eigenvalue weighted by Crippen LogP contribution is -2.54. The largest absolute Gasteiger partial charge is 0.396 e. The number of nitrogens with zero attached hydrogens (tertiary/aromatic N) is 1. The highest BCUT2D eigenvalue weighted by Crippen LogP contribution is 2.65. The molecule has 1 spiro atoms. The second kappa shape index (κ2) is 9.13. The predicted molar refractivity (Wildman–Crippen MR) is 128 cm³/mol. The number of aryl methyl sites for hydroxylation is 1. The van der Waals surface area contributed by atoms with Crippen molar-refractivity contribution in [2.75, 3.05) is 25.5 Å². The number of amides is 3. The van der Waals surface area contributed by atoms with Crippen molar-refractivity contribution in [1.82, 2.24) is 10.2 Å². The molecule has 1 aromatic carbocycles. The van der Waals surface area contributed by atoms with Crippen LogP contribution in [-0.2, 0) is 19.1 Å². The minimum Gasteiger partial charge on any atom is -0.396 e. The maximum Gasteiger partial charge on any atom is 0.250 e. The Labute approximate surface area is 205 Å². The SMILES string of the molecule is CNC(=O)[C@H]1[C@H]2C(=O)N(CCCCCO)C(C(=O)Nc3c(C)cccc3Cl)C23CC(C)[C@]1(C)O3. The Morgan fingerprint density at radius 2 is 2.00 bits per heavy atom. The van der Waals surface area contributed by atoms with Gasteiger partial charge in [0.1, 0.15) is 11.6 Å². The molecule has 0 aromatic heterocycles. The fourth-order valence-corrected chi connectivity index (χ4v) is 6.66. The number of ether oxygens (including phenoxy) is 1. The number of benzene rings is 1. The number of para-hydroxylation sites is 1. The van der Waals surface area contributed by atoms with Crippen molar-refractivity contribution in [3.63, 3.8) is 0 Å². The number of aliphatic hydroxyl groups is 1. The summed E-state index contributed by atoms with van der Waals surface area (Å²) in [5.41, 5.74) is -0.591. The third-order valence-corrected chi connectivity index (χ3v) is 8.43. The van der Waals surface area contributed by atoms with Crippen LogP contribution >= 0.6 is 11.6 Å². The minimum atomic E-state index is -1.08. The Balaban J connectivity index is 1.74. The Hall–Kier alpha value is -2.16. The fourth-order valence-electron chi connectivity index (χ4n) is 6.39. The van der Waals surface area contributed by atoms with Gasteiger partial charge in [-0.05, 0) is 57.1 Å². The zero-order valence-corrected chi connectivity index (χ0v) is 20.9. The molecule has 4 rings (SSSR count). The van der Waals surface area contributed by atoms with Gasteiger partial charge in [0.05, 0.1) is 28.1 Å². The predicted octanol–water partition coefficient (Wildman–Crippen LogP) is 2.51. The van der Waals surface area contributed by atoms with Gasteiger partial charge in [-0.2, -0.15) is 0 Å². The number of unbranched alkanes of at least 4 members (excludes halogenated alkanes) is 2. The van der Waals surface area contributed by atoms with Gasteiger partial charge in [-0.25, -0.2) is 0 Å². The number of likely N-dealkylation sites (tertiary alicyclic amines) is 1. The summed E-state index contributed by atoms with van der Waals surface area (Å²) in [7, 11) is 1.56. The zero-order valence-electron chi connectivity index (χ0n) is 20.2. The van der Waals surface area contributed by atoms with E-state index >= 15 is 0 Å². The molecule has 0 aliphatic carbocycles. The molecule has 34 heavy (non-hydrogen) atoms. The summed E-state index contributed by atoms with van der Waals surface area (Å²) in [6.07, 6.45) is 2.50. The monoisotopic (exact) mass is 491 g/mol. The van der Waals surface area contributed by atoms with Gasteiger partial charge >= 0.3 is 0 Å². The Kier molecular flexibility index (Phi) is 6.70. The lowest BCUT2D eigenvalue weighted by Gasteiger charge is -2.36. The summed E-state index contributed by atoms with van der Waals surface area (Å²) in [4.78, 5) is 42.3. The number of anilines is 1. The summed E-state index contributed by atoms with van der Waals surface area (Å²) in [5, 5.41) is 15.2. The van der Waals surface area contributed by atoms with E-state index in [0.717, 1.165) is 12.0 Å². The van der Waals surface area contributed by atoms with Gasteiger partial charge in [0.2, 0.25) is 17.7 Å². The molecular formula is C25H34ClN3O5. The first-order valence-electron chi connectivity index (χ1n) is 12.0. The van der Waals surface area contributed by atoms with Gasteiger partial charge in [-0.15, -0.1) is 0 Å². The van der Waals surface area contributed by atoms with Crippen LogP contribution in [0, 0.1) is 24.7 Å². The Morgan fingerprint density at radius 3 is 2.65 bits per heavy atom. The van der Waals surface area contributed by atoms with Gasteiger partial charge in [-0.1, -0.05) is 30.7 Å². The third kappa shape index (κ3) is 3.62. The van der Waals surface area contributed by atoms with Crippen LogP contribution in [-0.4, -0.2) is 65.2 Å². The number of carbonyl (C=O) groups is 3. The average Bonchev–Trinajstić information content (AvgIpc) is 3.30. The van der Waals surface area contributed by atoms with E-state index in [9.17, 15) is 14.4 Å². The first-order chi connectivity index (χ1) is 16.1. The molecule has 3 saturated heterocycles. The zero-order chi connectivity index (χ0) is 24.8. The normalized spacial score (nSPS) is 33.8. The topological polar surface area (TPSA) is 108 Å². The molecule has 3 aliphatic rings. The minimum absolute atomic E-state index is 0.00876. The molecule has 3 unspecified atom stereocenters. The molecule has 6 atom stereocenters. The lowest BCUT2D eigenvalue weighted by atomic mass is 9.62. The Bertz CT molecular complexity index is 983. The van der Waals surface area contributed by atoms with Crippen molar-refractivity contribution in [1.29, 1.82) is 0 Å². The number of halogens is 1. The number of nitrogens with one attached hydrogen (secondary N) is 2. The molecule has 0 radical (unpaired) electrons. The summed E-state index contributed by atoms with van der Waals surface area (Å²) in [6, 6.07) is 4.50. The maximum absolute atomic E-state index is 13.9. The summed E-state index contributed by atoms with van der Waals surface area (Å²) in [5.74, 6) is -2.22. The van der Waals surface area contributed by atoms with Gasteiger partial charge in [0.15, 0.2) is 0 Å².